The van der Waals surface area contributed by atoms with Gasteiger partial charge in [0.1, 0.15) is 19.3 Å². The van der Waals surface area contributed by atoms with Gasteiger partial charge in [-0.2, -0.15) is 0 Å². The molecule has 15 heteroatoms. The second-order valence-corrected chi connectivity index (χ2v) is 16.5. The van der Waals surface area contributed by atoms with Crippen molar-refractivity contribution in [2.45, 2.75) is 180 Å². The molecular weight excluding hydrogens is 762 g/mol. The second-order valence-electron chi connectivity index (χ2n) is 16.5. The van der Waals surface area contributed by atoms with Crippen molar-refractivity contribution in [1.82, 2.24) is 16.0 Å². The van der Waals surface area contributed by atoms with E-state index in [-0.39, 0.29) is 75.4 Å². The van der Waals surface area contributed by atoms with Crippen molar-refractivity contribution < 1.29 is 57.9 Å². The minimum Gasteiger partial charge on any atom is -0.481 e. The van der Waals surface area contributed by atoms with E-state index in [0.717, 1.165) is 38.5 Å². The number of amides is 1. The molecule has 0 spiro atoms. The van der Waals surface area contributed by atoms with Crippen LogP contribution in [0.3, 0.4) is 0 Å². The van der Waals surface area contributed by atoms with Gasteiger partial charge >= 0.3 is 11.9 Å². The highest BCUT2D eigenvalue weighted by atomic mass is 16.5. The van der Waals surface area contributed by atoms with Crippen LogP contribution in [0.15, 0.2) is 0 Å². The molecule has 0 aliphatic carbocycles. The molecule has 0 heterocycles. The number of carboxylic acid groups (broad SMARTS) is 2. The van der Waals surface area contributed by atoms with Crippen molar-refractivity contribution in [1.29, 1.82) is 0 Å². The summed E-state index contributed by atoms with van der Waals surface area (Å²) >= 11 is 0. The van der Waals surface area contributed by atoms with Crippen LogP contribution in [-0.2, 0) is 47.7 Å². The Bertz CT molecular complexity index is 1160. The van der Waals surface area contributed by atoms with Gasteiger partial charge in [-0.25, -0.2) is 4.79 Å². The van der Waals surface area contributed by atoms with E-state index in [9.17, 15) is 33.9 Å². The fourth-order valence-electron chi connectivity index (χ4n) is 6.22. The highest BCUT2D eigenvalue weighted by molar-refractivity contribution is 5.89. The maximum Gasteiger partial charge on any atom is 0.326 e. The number of aliphatic carboxylic acids is 2. The zero-order valence-corrected chi connectivity index (χ0v) is 37.3. The maximum atomic E-state index is 12.9. The van der Waals surface area contributed by atoms with E-state index < -0.39 is 29.1 Å². The number of carbonyl (C=O) groups excluding carboxylic acids is 4. The molecule has 0 radical (unpaired) electrons. The van der Waals surface area contributed by atoms with Gasteiger partial charge in [-0.15, -0.1) is 0 Å². The van der Waals surface area contributed by atoms with Crippen LogP contribution in [0.1, 0.15) is 163 Å². The lowest BCUT2D eigenvalue weighted by molar-refractivity contribution is -0.142. The predicted octanol–water partition coefficient (Wildman–Crippen LogP) is 5.97. The molecule has 1 atom stereocenters. The number of ketones is 3. The first-order valence-electron chi connectivity index (χ1n) is 22.2. The Morgan fingerprint density at radius 1 is 0.492 bits per heavy atom. The van der Waals surface area contributed by atoms with Gasteiger partial charge in [0.2, 0.25) is 5.91 Å². The van der Waals surface area contributed by atoms with Gasteiger partial charge in [0, 0.05) is 32.4 Å². The Balaban J connectivity index is 3.95. The first-order chi connectivity index (χ1) is 28.1. The van der Waals surface area contributed by atoms with Crippen molar-refractivity contribution in [2.24, 2.45) is 0 Å². The summed E-state index contributed by atoms with van der Waals surface area (Å²) in [5.74, 6) is -2.49. The van der Waals surface area contributed by atoms with Crippen LogP contribution >= 0.6 is 0 Å². The Morgan fingerprint density at radius 3 is 1.31 bits per heavy atom. The fourth-order valence-corrected chi connectivity index (χ4v) is 6.22. The summed E-state index contributed by atoms with van der Waals surface area (Å²) in [5.41, 5.74) is -1.72. The van der Waals surface area contributed by atoms with E-state index >= 15 is 0 Å². The van der Waals surface area contributed by atoms with Crippen molar-refractivity contribution in [3.05, 3.63) is 0 Å². The molecule has 0 aliphatic heterocycles. The highest BCUT2D eigenvalue weighted by Crippen LogP contribution is 2.15. The minimum absolute atomic E-state index is 0.00642. The summed E-state index contributed by atoms with van der Waals surface area (Å²) in [5, 5.41) is 27.2. The van der Waals surface area contributed by atoms with E-state index in [0.29, 0.717) is 45.9 Å². The van der Waals surface area contributed by atoms with Crippen LogP contribution in [0.2, 0.25) is 0 Å². The Hall–Kier alpha value is -2.82. The van der Waals surface area contributed by atoms with Crippen LogP contribution < -0.4 is 16.0 Å². The maximum absolute atomic E-state index is 12.9. The summed E-state index contributed by atoms with van der Waals surface area (Å²) in [6.07, 6.45) is 18.5. The number of ether oxygens (including phenoxy) is 4. The fraction of sp³-hybridized carbons (Fsp3) is 0.864. The molecule has 0 aromatic heterocycles. The number of carboxylic acids is 2. The van der Waals surface area contributed by atoms with E-state index in [2.05, 4.69) is 16.0 Å². The molecule has 0 aromatic rings. The monoisotopic (exact) mass is 844 g/mol. The van der Waals surface area contributed by atoms with Gasteiger partial charge in [-0.1, -0.05) is 89.9 Å². The van der Waals surface area contributed by atoms with E-state index in [1.807, 2.05) is 0 Å². The molecule has 0 bridgehead atoms. The van der Waals surface area contributed by atoms with E-state index in [1.54, 1.807) is 27.7 Å². The lowest BCUT2D eigenvalue weighted by Gasteiger charge is -2.26. The smallest absolute Gasteiger partial charge is 0.326 e. The number of carbonyl (C=O) groups is 6. The standard InChI is InChI=1S/C44H81N3O12/c1-36(48)34-58-32-30-56-29-27-46-44(4,5)39(50)35-59-33-31-57-28-26-45-43(2,3)38(49)25-24-37(42(54)55)47-40(51)22-20-18-16-14-12-10-8-6-7-9-11-13-15-17-19-21-23-41(52)53/h37,45-46H,6-35H2,1-5H3,(H,47,51)(H,52,53)(H,54,55). The summed E-state index contributed by atoms with van der Waals surface area (Å²) < 4.78 is 21.6. The van der Waals surface area contributed by atoms with Crippen LogP contribution in [0, 0.1) is 0 Å². The molecule has 15 nitrogen and oxygen atoms in total. The van der Waals surface area contributed by atoms with Crippen LogP contribution in [-0.4, -0.2) is 128 Å². The van der Waals surface area contributed by atoms with Gasteiger partial charge in [0.15, 0.2) is 17.3 Å². The van der Waals surface area contributed by atoms with Crippen LogP contribution in [0.4, 0.5) is 0 Å². The van der Waals surface area contributed by atoms with E-state index in [4.69, 9.17) is 24.1 Å². The van der Waals surface area contributed by atoms with Crippen molar-refractivity contribution >= 4 is 35.2 Å². The van der Waals surface area contributed by atoms with Crippen molar-refractivity contribution in [3.8, 4) is 0 Å². The third-order valence-electron chi connectivity index (χ3n) is 10.1. The largest absolute Gasteiger partial charge is 0.481 e. The first-order valence-corrected chi connectivity index (χ1v) is 22.2. The summed E-state index contributed by atoms with van der Waals surface area (Å²) in [4.78, 5) is 71.2. The van der Waals surface area contributed by atoms with Crippen molar-refractivity contribution in [3.63, 3.8) is 0 Å². The topological polar surface area (TPSA) is 216 Å². The average molecular weight is 844 g/mol. The quantitative estimate of drug-likeness (QED) is 0.0447. The zero-order valence-electron chi connectivity index (χ0n) is 37.3. The molecule has 0 fully saturated rings. The first kappa shape index (κ1) is 56.2. The lowest BCUT2D eigenvalue weighted by Crippen LogP contribution is -2.49. The highest BCUT2D eigenvalue weighted by Gasteiger charge is 2.29. The number of Topliss-reactive ketones (excluding diaryl/α,β-unsaturated/α-hetero) is 3. The summed E-state index contributed by atoms with van der Waals surface area (Å²) in [6.45, 7) is 11.2. The normalized spacial score (nSPS) is 12.4. The van der Waals surface area contributed by atoms with Crippen molar-refractivity contribution in [2.75, 3.05) is 65.9 Å². The van der Waals surface area contributed by atoms with Crippen LogP contribution in [0.25, 0.3) is 0 Å². The van der Waals surface area contributed by atoms with Gasteiger partial charge < -0.3 is 45.1 Å². The lowest BCUT2D eigenvalue weighted by atomic mass is 9.94. The molecule has 344 valence electrons. The summed E-state index contributed by atoms with van der Waals surface area (Å²) in [6, 6.07) is -1.13. The molecular formula is C44H81N3O12. The number of hydrogen-bond acceptors (Lipinski definition) is 12. The number of unbranched alkanes of at least 4 members (excludes halogenated alkanes) is 15. The molecule has 1 unspecified atom stereocenters. The average Bonchev–Trinajstić information content (AvgIpc) is 3.17. The molecule has 0 aliphatic rings. The molecule has 0 saturated heterocycles. The zero-order chi connectivity index (χ0) is 44.2. The Morgan fingerprint density at radius 2 is 0.881 bits per heavy atom. The molecule has 5 N–H and O–H groups in total. The SMILES string of the molecule is CC(=O)COCCOCCNC(C)(C)C(=O)COCCOCCNC(C)(C)C(=O)CCC(NC(=O)CCCCCCCCCCCCCCCCCCC(=O)O)C(=O)O. The number of rotatable bonds is 44. The predicted molar refractivity (Wildman–Crippen MR) is 228 cm³/mol. The summed E-state index contributed by atoms with van der Waals surface area (Å²) in [7, 11) is 0. The molecule has 1 amide bonds. The molecule has 0 rings (SSSR count). The molecule has 0 aromatic carbocycles. The Kier molecular flexibility index (Phi) is 34.2. The third kappa shape index (κ3) is 34.6. The van der Waals surface area contributed by atoms with Crippen LogP contribution in [0.5, 0.6) is 0 Å². The van der Waals surface area contributed by atoms with Gasteiger partial charge in [0.05, 0.1) is 50.7 Å². The second kappa shape index (κ2) is 35.9. The van der Waals surface area contributed by atoms with E-state index in [1.165, 1.54) is 64.7 Å². The number of nitrogens with one attached hydrogen (secondary N) is 3. The minimum atomic E-state index is -1.16. The van der Waals surface area contributed by atoms with Gasteiger partial charge in [0.25, 0.3) is 0 Å². The molecule has 0 saturated carbocycles. The third-order valence-corrected chi connectivity index (χ3v) is 10.1. The van der Waals surface area contributed by atoms with Gasteiger partial charge in [-0.3, -0.25) is 24.0 Å². The number of hydrogen-bond donors (Lipinski definition) is 5. The Labute approximate surface area is 354 Å². The van der Waals surface area contributed by atoms with Gasteiger partial charge in [-0.05, 0) is 53.9 Å². The molecule has 59 heavy (non-hydrogen) atoms.